The Hall–Kier alpha value is -2.55. The summed E-state index contributed by atoms with van der Waals surface area (Å²) in [4.78, 5) is 0. The van der Waals surface area contributed by atoms with Crippen LogP contribution in [0.15, 0.2) is 48.5 Å². The van der Waals surface area contributed by atoms with Crippen molar-refractivity contribution in [3.8, 4) is 11.5 Å². The van der Waals surface area contributed by atoms with Gasteiger partial charge in [0.1, 0.15) is 18.5 Å². The summed E-state index contributed by atoms with van der Waals surface area (Å²) in [5.41, 5.74) is 4.47. The first kappa shape index (κ1) is 15.3. The summed E-state index contributed by atoms with van der Waals surface area (Å²) in [6.07, 6.45) is 4.04. The largest absolute Gasteiger partial charge is 0.507 e. The smallest absolute Gasteiger partial charge is 0.209 e. The minimum atomic E-state index is -0.0655. The second-order valence-electron chi connectivity index (χ2n) is 6.34. The first-order chi connectivity index (χ1) is 10.9. The van der Waals surface area contributed by atoms with Crippen LogP contribution in [0, 0.1) is 0 Å². The third kappa shape index (κ3) is 2.52. The van der Waals surface area contributed by atoms with Gasteiger partial charge in [0, 0.05) is 29.3 Å². The SMILES string of the molecule is COc1ccc(/C=C/C2=[N+](C)c3ccccc3C2(C)C)c(O)c1. The van der Waals surface area contributed by atoms with Crippen molar-refractivity contribution < 1.29 is 14.4 Å². The minimum absolute atomic E-state index is 0.0655. The summed E-state index contributed by atoms with van der Waals surface area (Å²) in [6, 6.07) is 13.8. The van der Waals surface area contributed by atoms with Crippen LogP contribution in [0.1, 0.15) is 25.0 Å². The highest BCUT2D eigenvalue weighted by Crippen LogP contribution is 2.39. The number of fused-ring (bicyclic) bond motifs is 1. The Kier molecular flexibility index (Phi) is 3.72. The fourth-order valence-corrected chi connectivity index (χ4v) is 3.26. The van der Waals surface area contributed by atoms with Crippen LogP contribution in [-0.2, 0) is 5.41 Å². The van der Waals surface area contributed by atoms with Crippen molar-refractivity contribution >= 4 is 17.5 Å². The van der Waals surface area contributed by atoms with Crippen LogP contribution in [0.5, 0.6) is 11.5 Å². The average Bonchev–Trinajstić information content (AvgIpc) is 2.74. The second-order valence-corrected chi connectivity index (χ2v) is 6.34. The van der Waals surface area contributed by atoms with Gasteiger partial charge in [-0.1, -0.05) is 18.2 Å². The maximum absolute atomic E-state index is 10.1. The maximum Gasteiger partial charge on any atom is 0.209 e. The molecule has 1 heterocycles. The number of methoxy groups -OCH3 is 1. The molecule has 1 N–H and O–H groups in total. The number of ether oxygens (including phenoxy) is 1. The van der Waals surface area contributed by atoms with E-state index in [9.17, 15) is 5.11 Å². The normalized spacial score (nSPS) is 16.0. The van der Waals surface area contributed by atoms with Gasteiger partial charge in [0.05, 0.1) is 12.5 Å². The summed E-state index contributed by atoms with van der Waals surface area (Å²) in [6.45, 7) is 4.45. The Morgan fingerprint density at radius 2 is 1.83 bits per heavy atom. The van der Waals surface area contributed by atoms with Crippen LogP contribution in [-0.4, -0.2) is 29.6 Å². The standard InChI is InChI=1S/C20H21NO2/c1-20(2)16-7-5-6-8-17(16)21(3)19(20)12-10-14-9-11-15(23-4)13-18(14)22/h5-13H,1-4H3/p+1. The van der Waals surface area contributed by atoms with E-state index in [2.05, 4.69) is 55.8 Å². The van der Waals surface area contributed by atoms with Crippen LogP contribution < -0.4 is 4.74 Å². The number of rotatable bonds is 3. The van der Waals surface area contributed by atoms with Gasteiger partial charge in [-0.15, -0.1) is 0 Å². The number of para-hydroxylation sites is 1. The molecule has 0 radical (unpaired) electrons. The lowest BCUT2D eigenvalue weighted by Crippen LogP contribution is -2.26. The molecule has 2 aromatic rings. The van der Waals surface area contributed by atoms with Crippen molar-refractivity contribution in [2.75, 3.05) is 14.2 Å². The topological polar surface area (TPSA) is 32.5 Å². The molecule has 1 aliphatic rings. The van der Waals surface area contributed by atoms with Crippen molar-refractivity contribution in [1.82, 2.24) is 0 Å². The number of benzene rings is 2. The zero-order valence-corrected chi connectivity index (χ0v) is 14.0. The molecule has 0 saturated heterocycles. The Balaban J connectivity index is 1.99. The van der Waals surface area contributed by atoms with Crippen LogP contribution in [0.3, 0.4) is 0 Å². The van der Waals surface area contributed by atoms with E-state index < -0.39 is 0 Å². The predicted molar refractivity (Wildman–Crippen MR) is 94.0 cm³/mol. The summed E-state index contributed by atoms with van der Waals surface area (Å²) < 4.78 is 7.34. The average molecular weight is 308 g/mol. The second kappa shape index (κ2) is 5.58. The van der Waals surface area contributed by atoms with Crippen LogP contribution in [0.4, 0.5) is 5.69 Å². The monoisotopic (exact) mass is 308 g/mol. The molecule has 0 unspecified atom stereocenters. The van der Waals surface area contributed by atoms with Crippen LogP contribution in [0.2, 0.25) is 0 Å². The molecule has 0 amide bonds. The first-order valence-electron chi connectivity index (χ1n) is 7.71. The molecule has 2 aromatic carbocycles. The van der Waals surface area contributed by atoms with Crippen molar-refractivity contribution in [3.05, 3.63) is 59.7 Å². The van der Waals surface area contributed by atoms with E-state index in [1.807, 2.05) is 18.2 Å². The van der Waals surface area contributed by atoms with Crippen molar-refractivity contribution in [3.63, 3.8) is 0 Å². The van der Waals surface area contributed by atoms with Crippen molar-refractivity contribution in [1.29, 1.82) is 0 Å². The number of hydrogen-bond donors (Lipinski definition) is 1. The van der Waals surface area contributed by atoms with Gasteiger partial charge in [-0.3, -0.25) is 0 Å². The molecule has 0 spiro atoms. The molecule has 3 heteroatoms. The fourth-order valence-electron chi connectivity index (χ4n) is 3.26. The van der Waals surface area contributed by atoms with Gasteiger partial charge in [-0.2, -0.15) is 4.58 Å². The molecule has 3 nitrogen and oxygen atoms in total. The molecule has 0 aromatic heterocycles. The number of phenols is 1. The van der Waals surface area contributed by atoms with E-state index >= 15 is 0 Å². The van der Waals surface area contributed by atoms with Gasteiger partial charge < -0.3 is 9.84 Å². The molecular weight excluding hydrogens is 286 g/mol. The van der Waals surface area contributed by atoms with E-state index in [1.165, 1.54) is 17.0 Å². The molecule has 0 aliphatic carbocycles. The third-order valence-corrected chi connectivity index (χ3v) is 4.60. The fraction of sp³-hybridized carbons (Fsp3) is 0.250. The summed E-state index contributed by atoms with van der Waals surface area (Å²) >= 11 is 0. The van der Waals surface area contributed by atoms with Gasteiger partial charge in [-0.25, -0.2) is 0 Å². The number of hydrogen-bond acceptors (Lipinski definition) is 2. The molecule has 0 saturated carbocycles. The van der Waals surface area contributed by atoms with Gasteiger partial charge in [0.25, 0.3) is 0 Å². The van der Waals surface area contributed by atoms with Crippen LogP contribution in [0.25, 0.3) is 6.08 Å². The molecular formula is C20H22NO2+. The molecule has 0 atom stereocenters. The Bertz CT molecular complexity index is 816. The summed E-state index contributed by atoms with van der Waals surface area (Å²) in [5, 5.41) is 10.1. The Morgan fingerprint density at radius 3 is 2.48 bits per heavy atom. The number of nitrogens with zero attached hydrogens (tertiary/aromatic N) is 1. The van der Waals surface area contributed by atoms with Gasteiger partial charge >= 0.3 is 0 Å². The molecule has 118 valence electrons. The zero-order valence-electron chi connectivity index (χ0n) is 14.0. The minimum Gasteiger partial charge on any atom is -0.507 e. The van der Waals surface area contributed by atoms with E-state index in [0.29, 0.717) is 5.75 Å². The van der Waals surface area contributed by atoms with E-state index in [0.717, 1.165) is 5.56 Å². The predicted octanol–water partition coefficient (Wildman–Crippen LogP) is 4.12. The summed E-state index contributed by atoms with van der Waals surface area (Å²) in [7, 11) is 3.68. The Labute approximate surface area is 137 Å². The highest BCUT2D eigenvalue weighted by atomic mass is 16.5. The molecule has 3 rings (SSSR count). The number of allylic oxidation sites excluding steroid dienone is 1. The number of aromatic hydroxyl groups is 1. The first-order valence-corrected chi connectivity index (χ1v) is 7.71. The van der Waals surface area contributed by atoms with E-state index in [4.69, 9.17) is 4.74 Å². The number of phenolic OH excluding ortho intramolecular Hbond substituents is 1. The lowest BCUT2D eigenvalue weighted by molar-refractivity contribution is -0.401. The third-order valence-electron chi connectivity index (χ3n) is 4.60. The van der Waals surface area contributed by atoms with Crippen molar-refractivity contribution in [2.24, 2.45) is 0 Å². The molecule has 1 aliphatic heterocycles. The zero-order chi connectivity index (χ0) is 16.6. The molecule has 0 bridgehead atoms. The maximum atomic E-state index is 10.1. The lowest BCUT2D eigenvalue weighted by atomic mass is 9.81. The van der Waals surface area contributed by atoms with Gasteiger partial charge in [0.2, 0.25) is 5.69 Å². The highest BCUT2D eigenvalue weighted by molar-refractivity contribution is 6.05. The van der Waals surface area contributed by atoms with Crippen LogP contribution >= 0.6 is 0 Å². The highest BCUT2D eigenvalue weighted by Gasteiger charge is 2.42. The summed E-state index contributed by atoms with van der Waals surface area (Å²) in [5.74, 6) is 0.871. The van der Waals surface area contributed by atoms with E-state index in [1.54, 1.807) is 13.2 Å². The van der Waals surface area contributed by atoms with E-state index in [-0.39, 0.29) is 11.2 Å². The lowest BCUT2D eigenvalue weighted by Gasteiger charge is -2.15. The quantitative estimate of drug-likeness (QED) is 0.865. The molecule has 0 fully saturated rings. The van der Waals surface area contributed by atoms with Gasteiger partial charge in [0.15, 0.2) is 5.71 Å². The van der Waals surface area contributed by atoms with Gasteiger partial charge in [-0.05, 0) is 32.1 Å². The van der Waals surface area contributed by atoms with Crippen molar-refractivity contribution in [2.45, 2.75) is 19.3 Å². The molecule has 23 heavy (non-hydrogen) atoms. The Morgan fingerprint density at radius 1 is 1.09 bits per heavy atom.